The fraction of sp³-hybridized carbons (Fsp3) is 0.562. The van der Waals surface area contributed by atoms with Gasteiger partial charge in [0, 0.05) is 26.2 Å². The molecule has 2 rings (SSSR count). The number of hydrogen-bond donors (Lipinski definition) is 0. The molecule has 0 bridgehead atoms. The quantitative estimate of drug-likeness (QED) is 0.778. The van der Waals surface area contributed by atoms with E-state index in [0.717, 1.165) is 19.6 Å². The minimum Gasteiger partial charge on any atom is -0.336 e. The summed E-state index contributed by atoms with van der Waals surface area (Å²) in [5.74, 6) is -0.843. The summed E-state index contributed by atoms with van der Waals surface area (Å²) >= 11 is 5.96. The average molecular weight is 313 g/mol. The standard InChI is InChI=1S/C16H22ClFN2O/c1-2-3-4-8-19-9-11-20(12-10-19)16(21)15-13(17)6-5-7-14(15)18/h5-7H,2-4,8-12H2,1H3. The Morgan fingerprint density at radius 3 is 2.57 bits per heavy atom. The molecule has 1 fully saturated rings. The van der Waals surface area contributed by atoms with E-state index in [1.54, 1.807) is 11.0 Å². The lowest BCUT2D eigenvalue weighted by molar-refractivity contribution is 0.0631. The van der Waals surface area contributed by atoms with Gasteiger partial charge in [0.2, 0.25) is 0 Å². The number of unbranched alkanes of at least 4 members (excludes halogenated alkanes) is 2. The summed E-state index contributed by atoms with van der Waals surface area (Å²) in [4.78, 5) is 16.4. The molecular weight excluding hydrogens is 291 g/mol. The summed E-state index contributed by atoms with van der Waals surface area (Å²) in [5, 5.41) is 0.186. The summed E-state index contributed by atoms with van der Waals surface area (Å²) in [6.45, 7) is 6.24. The fourth-order valence-corrected chi connectivity index (χ4v) is 2.86. The predicted molar refractivity (Wildman–Crippen MR) is 83.3 cm³/mol. The van der Waals surface area contributed by atoms with E-state index in [1.807, 2.05) is 0 Å². The van der Waals surface area contributed by atoms with Crippen molar-refractivity contribution in [2.45, 2.75) is 26.2 Å². The fourth-order valence-electron chi connectivity index (χ4n) is 2.62. The van der Waals surface area contributed by atoms with Gasteiger partial charge in [-0.25, -0.2) is 4.39 Å². The maximum absolute atomic E-state index is 13.8. The zero-order valence-corrected chi connectivity index (χ0v) is 13.2. The highest BCUT2D eigenvalue weighted by molar-refractivity contribution is 6.33. The van der Waals surface area contributed by atoms with Crippen LogP contribution in [0.4, 0.5) is 4.39 Å². The molecule has 0 radical (unpaired) electrons. The van der Waals surface area contributed by atoms with E-state index in [2.05, 4.69) is 11.8 Å². The van der Waals surface area contributed by atoms with Crippen LogP contribution in [0.1, 0.15) is 36.5 Å². The third-order valence-electron chi connectivity index (χ3n) is 3.91. The number of piperazine rings is 1. The molecule has 1 amide bonds. The SMILES string of the molecule is CCCCCN1CCN(C(=O)c2c(F)cccc2Cl)CC1. The Hall–Kier alpha value is -1.13. The molecule has 1 aliphatic rings. The third-order valence-corrected chi connectivity index (χ3v) is 4.23. The number of hydrogen-bond acceptors (Lipinski definition) is 2. The van der Waals surface area contributed by atoms with E-state index in [1.165, 1.54) is 31.4 Å². The maximum atomic E-state index is 13.8. The van der Waals surface area contributed by atoms with Gasteiger partial charge in [-0.2, -0.15) is 0 Å². The molecule has 1 aliphatic heterocycles. The molecule has 0 atom stereocenters. The molecule has 0 N–H and O–H groups in total. The van der Waals surface area contributed by atoms with Crippen LogP contribution in [0.2, 0.25) is 5.02 Å². The van der Waals surface area contributed by atoms with Crippen LogP contribution in [0.25, 0.3) is 0 Å². The van der Waals surface area contributed by atoms with Crippen molar-refractivity contribution in [3.05, 3.63) is 34.6 Å². The van der Waals surface area contributed by atoms with Gasteiger partial charge in [-0.05, 0) is 25.1 Å². The van der Waals surface area contributed by atoms with Crippen LogP contribution in [0.5, 0.6) is 0 Å². The highest BCUT2D eigenvalue weighted by Crippen LogP contribution is 2.21. The zero-order valence-electron chi connectivity index (χ0n) is 12.4. The molecule has 3 nitrogen and oxygen atoms in total. The Morgan fingerprint density at radius 1 is 1.24 bits per heavy atom. The molecule has 1 aromatic rings. The molecule has 0 aliphatic carbocycles. The van der Waals surface area contributed by atoms with Crippen molar-refractivity contribution in [3.63, 3.8) is 0 Å². The van der Waals surface area contributed by atoms with Crippen LogP contribution in [0.15, 0.2) is 18.2 Å². The largest absolute Gasteiger partial charge is 0.336 e. The molecule has 1 aromatic carbocycles. The minimum atomic E-state index is -0.544. The normalized spacial score (nSPS) is 16.2. The van der Waals surface area contributed by atoms with Crippen molar-refractivity contribution in [2.24, 2.45) is 0 Å². The molecular formula is C16H22ClFN2O. The molecule has 1 heterocycles. The van der Waals surface area contributed by atoms with Crippen molar-refractivity contribution in [3.8, 4) is 0 Å². The van der Waals surface area contributed by atoms with Gasteiger partial charge >= 0.3 is 0 Å². The van der Waals surface area contributed by atoms with Gasteiger partial charge in [0.1, 0.15) is 5.82 Å². The van der Waals surface area contributed by atoms with E-state index >= 15 is 0 Å². The third kappa shape index (κ3) is 4.17. The van der Waals surface area contributed by atoms with Crippen LogP contribution >= 0.6 is 11.6 Å². The Balaban J connectivity index is 1.91. The molecule has 5 heteroatoms. The lowest BCUT2D eigenvalue weighted by Crippen LogP contribution is -2.49. The summed E-state index contributed by atoms with van der Waals surface area (Å²) in [6, 6.07) is 4.35. The Bertz CT molecular complexity index is 467. The zero-order chi connectivity index (χ0) is 15.2. The van der Waals surface area contributed by atoms with E-state index < -0.39 is 5.82 Å². The van der Waals surface area contributed by atoms with E-state index in [4.69, 9.17) is 11.6 Å². The Morgan fingerprint density at radius 2 is 1.95 bits per heavy atom. The molecule has 0 unspecified atom stereocenters. The smallest absolute Gasteiger partial charge is 0.258 e. The number of halogens is 2. The summed E-state index contributed by atoms with van der Waals surface area (Å²) in [7, 11) is 0. The number of carbonyl (C=O) groups is 1. The number of benzene rings is 1. The second-order valence-electron chi connectivity index (χ2n) is 5.44. The topological polar surface area (TPSA) is 23.6 Å². The Labute approximate surface area is 130 Å². The van der Waals surface area contributed by atoms with Crippen molar-refractivity contribution < 1.29 is 9.18 Å². The van der Waals surface area contributed by atoms with Crippen molar-refractivity contribution >= 4 is 17.5 Å². The Kier molecular flexibility index (Phi) is 6.00. The van der Waals surface area contributed by atoms with Crippen molar-refractivity contribution in [2.75, 3.05) is 32.7 Å². The van der Waals surface area contributed by atoms with E-state index in [-0.39, 0.29) is 16.5 Å². The molecule has 1 saturated heterocycles. The van der Waals surface area contributed by atoms with Gasteiger partial charge < -0.3 is 4.90 Å². The number of amides is 1. The van der Waals surface area contributed by atoms with Crippen molar-refractivity contribution in [1.29, 1.82) is 0 Å². The van der Waals surface area contributed by atoms with Crippen LogP contribution < -0.4 is 0 Å². The minimum absolute atomic E-state index is 0.00130. The molecule has 0 spiro atoms. The first-order valence-corrected chi connectivity index (χ1v) is 7.97. The molecule has 0 aromatic heterocycles. The van der Waals surface area contributed by atoms with Gasteiger partial charge in [0.25, 0.3) is 5.91 Å². The first kappa shape index (κ1) is 16.2. The average Bonchev–Trinajstić information content (AvgIpc) is 2.48. The maximum Gasteiger partial charge on any atom is 0.258 e. The second kappa shape index (κ2) is 7.76. The van der Waals surface area contributed by atoms with E-state index in [9.17, 15) is 9.18 Å². The summed E-state index contributed by atoms with van der Waals surface area (Å²) in [6.07, 6.45) is 3.65. The lowest BCUT2D eigenvalue weighted by atomic mass is 10.1. The van der Waals surface area contributed by atoms with Gasteiger partial charge in [0.15, 0.2) is 0 Å². The van der Waals surface area contributed by atoms with E-state index in [0.29, 0.717) is 13.1 Å². The summed E-state index contributed by atoms with van der Waals surface area (Å²) < 4.78 is 13.8. The van der Waals surface area contributed by atoms with Crippen LogP contribution in [-0.4, -0.2) is 48.4 Å². The summed E-state index contributed by atoms with van der Waals surface area (Å²) in [5.41, 5.74) is -0.00130. The lowest BCUT2D eigenvalue weighted by Gasteiger charge is -2.35. The first-order valence-electron chi connectivity index (χ1n) is 7.59. The number of carbonyl (C=O) groups excluding carboxylic acids is 1. The van der Waals surface area contributed by atoms with Gasteiger partial charge in [-0.3, -0.25) is 9.69 Å². The number of rotatable bonds is 5. The first-order chi connectivity index (χ1) is 10.1. The van der Waals surface area contributed by atoms with Crippen LogP contribution in [-0.2, 0) is 0 Å². The molecule has 21 heavy (non-hydrogen) atoms. The predicted octanol–water partition coefficient (Wildman–Crippen LogP) is 3.43. The second-order valence-corrected chi connectivity index (χ2v) is 5.84. The van der Waals surface area contributed by atoms with Gasteiger partial charge in [-0.15, -0.1) is 0 Å². The van der Waals surface area contributed by atoms with Gasteiger partial charge in [0.05, 0.1) is 10.6 Å². The molecule has 116 valence electrons. The van der Waals surface area contributed by atoms with Crippen molar-refractivity contribution in [1.82, 2.24) is 9.80 Å². The monoisotopic (exact) mass is 312 g/mol. The van der Waals surface area contributed by atoms with Crippen LogP contribution in [0, 0.1) is 5.82 Å². The van der Waals surface area contributed by atoms with Crippen LogP contribution in [0.3, 0.4) is 0 Å². The number of nitrogens with zero attached hydrogens (tertiary/aromatic N) is 2. The van der Waals surface area contributed by atoms with Gasteiger partial charge in [-0.1, -0.05) is 37.4 Å². The molecule has 0 saturated carbocycles. The highest BCUT2D eigenvalue weighted by atomic mass is 35.5. The highest BCUT2D eigenvalue weighted by Gasteiger charge is 2.25.